The van der Waals surface area contributed by atoms with E-state index in [0.29, 0.717) is 24.6 Å². The smallest absolute Gasteiger partial charge is 0.257 e. The van der Waals surface area contributed by atoms with Crippen molar-refractivity contribution in [3.05, 3.63) is 65.0 Å². The molecule has 3 rings (SSSR count). The minimum Gasteiger partial charge on any atom is -0.507 e. The highest BCUT2D eigenvalue weighted by molar-refractivity contribution is 5.97. The number of phenolic OH excluding ortho intramolecular Hbond substituents is 1. The summed E-state index contributed by atoms with van der Waals surface area (Å²) in [5.41, 5.74) is 2.45. The third kappa shape index (κ3) is 4.19. The highest BCUT2D eigenvalue weighted by Crippen LogP contribution is 2.26. The van der Waals surface area contributed by atoms with Gasteiger partial charge < -0.3 is 10.0 Å². The molecule has 1 heterocycles. The lowest BCUT2D eigenvalue weighted by Crippen LogP contribution is -2.39. The van der Waals surface area contributed by atoms with Crippen LogP contribution in [-0.2, 0) is 12.8 Å². The molecule has 0 radical (unpaired) electrons. The molecule has 1 aliphatic heterocycles. The molecular weight excluding hydrogens is 317 g/mol. The molecular formula is C21H24FNO2. The zero-order chi connectivity index (χ0) is 17.8. The summed E-state index contributed by atoms with van der Waals surface area (Å²) in [6.45, 7) is 3.38. The van der Waals surface area contributed by atoms with Crippen molar-refractivity contribution in [1.29, 1.82) is 0 Å². The minimum atomic E-state index is -0.198. The predicted octanol–water partition coefficient (Wildman–Crippen LogP) is 4.19. The van der Waals surface area contributed by atoms with Crippen LogP contribution in [0, 0.1) is 11.7 Å². The molecule has 1 amide bonds. The predicted molar refractivity (Wildman–Crippen MR) is 96.2 cm³/mol. The third-order valence-corrected chi connectivity index (χ3v) is 5.01. The number of piperidine rings is 1. The lowest BCUT2D eigenvalue weighted by atomic mass is 9.90. The number of hydrogen-bond donors (Lipinski definition) is 1. The lowest BCUT2D eigenvalue weighted by molar-refractivity contribution is 0.0687. The van der Waals surface area contributed by atoms with Gasteiger partial charge in [-0.2, -0.15) is 0 Å². The maximum atomic E-state index is 13.3. The van der Waals surface area contributed by atoms with E-state index in [9.17, 15) is 14.3 Å². The molecule has 0 bridgehead atoms. The summed E-state index contributed by atoms with van der Waals surface area (Å²) >= 11 is 0. The van der Waals surface area contributed by atoms with Crippen LogP contribution in [-0.4, -0.2) is 29.0 Å². The van der Waals surface area contributed by atoms with Crippen LogP contribution in [0.3, 0.4) is 0 Å². The fraction of sp³-hybridized carbons (Fsp3) is 0.381. The first kappa shape index (κ1) is 17.5. The van der Waals surface area contributed by atoms with Crippen molar-refractivity contribution in [2.45, 2.75) is 32.6 Å². The summed E-state index contributed by atoms with van der Waals surface area (Å²) in [6.07, 6.45) is 3.47. The van der Waals surface area contributed by atoms with E-state index in [0.717, 1.165) is 36.8 Å². The van der Waals surface area contributed by atoms with Gasteiger partial charge in [0.25, 0.3) is 5.91 Å². The SMILES string of the molecule is CCc1ccc(O)c(C(=O)N2CCC(Cc3cccc(F)c3)CC2)c1. The zero-order valence-corrected chi connectivity index (χ0v) is 14.5. The van der Waals surface area contributed by atoms with Crippen molar-refractivity contribution in [3.63, 3.8) is 0 Å². The molecule has 2 aromatic carbocycles. The fourth-order valence-electron chi connectivity index (χ4n) is 3.48. The Kier molecular flexibility index (Phi) is 5.37. The summed E-state index contributed by atoms with van der Waals surface area (Å²) in [6, 6.07) is 12.0. The van der Waals surface area contributed by atoms with Crippen molar-refractivity contribution in [3.8, 4) is 5.75 Å². The number of carbonyl (C=O) groups is 1. The first-order valence-electron chi connectivity index (χ1n) is 8.92. The molecule has 25 heavy (non-hydrogen) atoms. The average molecular weight is 341 g/mol. The summed E-state index contributed by atoms with van der Waals surface area (Å²) < 4.78 is 13.3. The van der Waals surface area contributed by atoms with E-state index in [1.807, 2.05) is 24.0 Å². The van der Waals surface area contributed by atoms with Crippen LogP contribution in [0.25, 0.3) is 0 Å². The first-order chi connectivity index (χ1) is 12.1. The molecule has 1 N–H and O–H groups in total. The molecule has 4 heteroatoms. The molecule has 0 spiro atoms. The average Bonchev–Trinajstić information content (AvgIpc) is 2.62. The first-order valence-corrected chi connectivity index (χ1v) is 8.92. The number of nitrogens with zero attached hydrogens (tertiary/aromatic N) is 1. The molecule has 0 aliphatic carbocycles. The van der Waals surface area contributed by atoms with E-state index in [2.05, 4.69) is 0 Å². The number of phenols is 1. The highest BCUT2D eigenvalue weighted by atomic mass is 19.1. The molecule has 0 unspecified atom stereocenters. The van der Waals surface area contributed by atoms with Gasteiger partial charge in [0.15, 0.2) is 0 Å². The monoisotopic (exact) mass is 341 g/mol. The Morgan fingerprint density at radius 1 is 1.16 bits per heavy atom. The second-order valence-electron chi connectivity index (χ2n) is 6.77. The summed E-state index contributed by atoms with van der Waals surface area (Å²) in [4.78, 5) is 14.5. The maximum absolute atomic E-state index is 13.3. The van der Waals surface area contributed by atoms with Crippen molar-refractivity contribution >= 4 is 5.91 Å². The van der Waals surface area contributed by atoms with E-state index >= 15 is 0 Å². The number of benzene rings is 2. The van der Waals surface area contributed by atoms with Gasteiger partial charge in [-0.05, 0) is 67.0 Å². The number of aromatic hydroxyl groups is 1. The van der Waals surface area contributed by atoms with Gasteiger partial charge in [0, 0.05) is 13.1 Å². The Morgan fingerprint density at radius 2 is 1.92 bits per heavy atom. The molecule has 3 nitrogen and oxygen atoms in total. The lowest BCUT2D eigenvalue weighted by Gasteiger charge is -2.32. The quantitative estimate of drug-likeness (QED) is 0.906. The molecule has 132 valence electrons. The largest absolute Gasteiger partial charge is 0.507 e. The Hall–Kier alpha value is -2.36. The standard InChI is InChI=1S/C21H24FNO2/c1-2-15-6-7-20(24)19(14-15)21(25)23-10-8-16(9-11-23)12-17-4-3-5-18(22)13-17/h3-7,13-14,16,24H,2,8-12H2,1H3. The summed E-state index contributed by atoms with van der Waals surface area (Å²) in [7, 11) is 0. The van der Waals surface area contributed by atoms with Crippen molar-refractivity contribution < 1.29 is 14.3 Å². The highest BCUT2D eigenvalue weighted by Gasteiger charge is 2.25. The molecule has 0 atom stereocenters. The topological polar surface area (TPSA) is 40.5 Å². The third-order valence-electron chi connectivity index (χ3n) is 5.01. The minimum absolute atomic E-state index is 0.0454. The van der Waals surface area contributed by atoms with Gasteiger partial charge in [0.2, 0.25) is 0 Å². The van der Waals surface area contributed by atoms with Gasteiger partial charge in [0.05, 0.1) is 5.56 Å². The number of carbonyl (C=O) groups excluding carboxylic acids is 1. The Labute approximate surface area is 148 Å². The number of halogens is 1. The molecule has 1 saturated heterocycles. The molecule has 2 aromatic rings. The van der Waals surface area contributed by atoms with Gasteiger partial charge in [-0.1, -0.05) is 25.1 Å². The van der Waals surface area contributed by atoms with E-state index in [1.54, 1.807) is 24.3 Å². The number of rotatable bonds is 4. The molecule has 0 saturated carbocycles. The number of aryl methyl sites for hydroxylation is 1. The fourth-order valence-corrected chi connectivity index (χ4v) is 3.48. The van der Waals surface area contributed by atoms with E-state index in [-0.39, 0.29) is 17.5 Å². The van der Waals surface area contributed by atoms with Crippen molar-refractivity contribution in [2.24, 2.45) is 5.92 Å². The van der Waals surface area contributed by atoms with Crippen LogP contribution in [0.4, 0.5) is 4.39 Å². The van der Waals surface area contributed by atoms with E-state index in [4.69, 9.17) is 0 Å². The maximum Gasteiger partial charge on any atom is 0.257 e. The summed E-state index contributed by atoms with van der Waals surface area (Å²) in [5.74, 6) is 0.207. The summed E-state index contributed by atoms with van der Waals surface area (Å²) in [5, 5.41) is 10.0. The van der Waals surface area contributed by atoms with Gasteiger partial charge >= 0.3 is 0 Å². The van der Waals surface area contributed by atoms with Gasteiger partial charge in [-0.15, -0.1) is 0 Å². The van der Waals surface area contributed by atoms with Gasteiger partial charge in [0.1, 0.15) is 11.6 Å². The van der Waals surface area contributed by atoms with Crippen LogP contribution in [0.2, 0.25) is 0 Å². The molecule has 1 fully saturated rings. The van der Waals surface area contributed by atoms with Crippen LogP contribution < -0.4 is 0 Å². The number of amides is 1. The molecule has 1 aliphatic rings. The second kappa shape index (κ2) is 7.68. The van der Waals surface area contributed by atoms with Crippen molar-refractivity contribution in [1.82, 2.24) is 4.90 Å². The van der Waals surface area contributed by atoms with Crippen LogP contribution in [0.1, 0.15) is 41.3 Å². The Morgan fingerprint density at radius 3 is 2.60 bits per heavy atom. The number of likely N-dealkylation sites (tertiary alicyclic amines) is 1. The van der Waals surface area contributed by atoms with Crippen molar-refractivity contribution in [2.75, 3.05) is 13.1 Å². The van der Waals surface area contributed by atoms with Gasteiger partial charge in [-0.3, -0.25) is 4.79 Å². The zero-order valence-electron chi connectivity index (χ0n) is 14.5. The second-order valence-corrected chi connectivity index (χ2v) is 6.77. The van der Waals surface area contributed by atoms with E-state index < -0.39 is 0 Å². The van der Waals surface area contributed by atoms with Crippen LogP contribution in [0.15, 0.2) is 42.5 Å². The molecule has 0 aromatic heterocycles. The Balaban J connectivity index is 1.61. The number of hydrogen-bond acceptors (Lipinski definition) is 2. The van der Waals surface area contributed by atoms with E-state index in [1.165, 1.54) is 6.07 Å². The Bertz CT molecular complexity index is 751. The van der Waals surface area contributed by atoms with Crippen LogP contribution in [0.5, 0.6) is 5.75 Å². The van der Waals surface area contributed by atoms with Gasteiger partial charge in [-0.25, -0.2) is 4.39 Å². The normalized spacial score (nSPS) is 15.4. The van der Waals surface area contributed by atoms with Crippen LogP contribution >= 0.6 is 0 Å².